The standard InChI is InChI=1S/C34H36F3N7O4/c1-47-29-14-13-26(44-33(34(35,36)37)38-39-40-44)17-25(29)19-41-20-27-21-42(30(45)18-31(46)48-2)15-16-43(27)28(22-41)32(23-9-5-3-6-10-23)24-11-7-4-8-12-24/h3-14,17,27-28,32H,15-16,18-22H2,1-2H3/t27-,28+/m1/s1. The van der Waals surface area contributed by atoms with E-state index in [0.29, 0.717) is 55.3 Å². The summed E-state index contributed by atoms with van der Waals surface area (Å²) < 4.78 is 52.1. The first-order valence-electron chi connectivity index (χ1n) is 15.6. The third-order valence-corrected chi connectivity index (χ3v) is 9.07. The van der Waals surface area contributed by atoms with Crippen molar-refractivity contribution in [2.24, 2.45) is 0 Å². The predicted molar refractivity (Wildman–Crippen MR) is 168 cm³/mol. The molecule has 0 bridgehead atoms. The highest BCUT2D eigenvalue weighted by atomic mass is 19.4. The summed E-state index contributed by atoms with van der Waals surface area (Å²) in [6.45, 7) is 3.06. The first-order valence-corrected chi connectivity index (χ1v) is 15.6. The summed E-state index contributed by atoms with van der Waals surface area (Å²) in [6.07, 6.45) is -5.07. The summed E-state index contributed by atoms with van der Waals surface area (Å²) in [6, 6.07) is 25.2. The number of hydrogen-bond donors (Lipinski definition) is 0. The van der Waals surface area contributed by atoms with Crippen molar-refractivity contribution in [3.63, 3.8) is 0 Å². The maximum absolute atomic E-state index is 13.7. The summed E-state index contributed by atoms with van der Waals surface area (Å²) in [7, 11) is 2.78. The van der Waals surface area contributed by atoms with Gasteiger partial charge in [0.2, 0.25) is 5.91 Å². The van der Waals surface area contributed by atoms with Gasteiger partial charge in [0.15, 0.2) is 0 Å². The van der Waals surface area contributed by atoms with Crippen LogP contribution in [0.4, 0.5) is 13.2 Å². The molecule has 3 aromatic carbocycles. The van der Waals surface area contributed by atoms with Gasteiger partial charge in [-0.3, -0.25) is 19.4 Å². The van der Waals surface area contributed by atoms with E-state index in [1.165, 1.54) is 20.3 Å². The Morgan fingerprint density at radius 2 is 1.60 bits per heavy atom. The number of tetrazole rings is 1. The fourth-order valence-corrected chi connectivity index (χ4v) is 6.93. The number of hydrogen-bond acceptors (Lipinski definition) is 9. The minimum absolute atomic E-state index is 0.0150. The Bertz CT molecular complexity index is 1680. The SMILES string of the molecule is COC(=O)CC(=O)N1CCN2[C@H](CN(Cc3cc(-n4nnnc4C(F)(F)F)ccc3OC)C[C@H]2C(c2ccccc2)c2ccccc2)C1. The zero-order chi connectivity index (χ0) is 33.8. The van der Waals surface area contributed by atoms with E-state index in [2.05, 4.69) is 49.6 Å². The van der Waals surface area contributed by atoms with E-state index in [9.17, 15) is 22.8 Å². The van der Waals surface area contributed by atoms with Gasteiger partial charge in [-0.1, -0.05) is 60.7 Å². The lowest BCUT2D eigenvalue weighted by Crippen LogP contribution is -2.67. The summed E-state index contributed by atoms with van der Waals surface area (Å²) in [5.41, 5.74) is 3.12. The van der Waals surface area contributed by atoms with E-state index >= 15 is 0 Å². The van der Waals surface area contributed by atoms with Crippen LogP contribution in [-0.4, -0.2) is 106 Å². The van der Waals surface area contributed by atoms with Crippen LogP contribution in [0.5, 0.6) is 5.75 Å². The Morgan fingerprint density at radius 1 is 0.917 bits per heavy atom. The molecule has 4 aromatic rings. The predicted octanol–water partition coefficient (Wildman–Crippen LogP) is 3.78. The Labute approximate surface area is 275 Å². The number of amides is 1. The van der Waals surface area contributed by atoms with Gasteiger partial charge < -0.3 is 14.4 Å². The van der Waals surface area contributed by atoms with Gasteiger partial charge in [-0.2, -0.15) is 17.9 Å². The number of piperazine rings is 2. The number of ether oxygens (including phenoxy) is 2. The van der Waals surface area contributed by atoms with Crippen molar-refractivity contribution in [1.29, 1.82) is 0 Å². The van der Waals surface area contributed by atoms with Crippen LogP contribution in [0, 0.1) is 0 Å². The maximum Gasteiger partial charge on any atom is 0.453 e. The Balaban J connectivity index is 1.36. The molecule has 2 atom stereocenters. The van der Waals surface area contributed by atoms with Gasteiger partial charge in [-0.25, -0.2) is 0 Å². The molecule has 2 aliphatic rings. The second-order valence-electron chi connectivity index (χ2n) is 12.0. The van der Waals surface area contributed by atoms with E-state index in [-0.39, 0.29) is 36.0 Å². The fourth-order valence-electron chi connectivity index (χ4n) is 6.93. The van der Waals surface area contributed by atoms with Gasteiger partial charge in [-0.05, 0) is 39.8 Å². The molecule has 2 saturated heterocycles. The average Bonchev–Trinajstić information content (AvgIpc) is 3.60. The Hall–Kier alpha value is -4.82. The summed E-state index contributed by atoms with van der Waals surface area (Å²) in [5, 5.41) is 10.1. The molecule has 3 heterocycles. The van der Waals surface area contributed by atoms with Crippen LogP contribution in [0.15, 0.2) is 78.9 Å². The lowest BCUT2D eigenvalue weighted by Gasteiger charge is -2.53. The van der Waals surface area contributed by atoms with Gasteiger partial charge in [0.25, 0.3) is 5.82 Å². The molecule has 6 rings (SSSR count). The van der Waals surface area contributed by atoms with Crippen molar-refractivity contribution in [3.8, 4) is 11.4 Å². The molecule has 48 heavy (non-hydrogen) atoms. The van der Waals surface area contributed by atoms with Crippen LogP contribution < -0.4 is 4.74 Å². The number of fused-ring (bicyclic) bond motifs is 1. The van der Waals surface area contributed by atoms with Gasteiger partial charge in [0.05, 0.1) is 19.9 Å². The lowest BCUT2D eigenvalue weighted by atomic mass is 9.81. The third kappa shape index (κ3) is 7.04. The number of esters is 1. The van der Waals surface area contributed by atoms with Crippen molar-refractivity contribution in [2.75, 3.05) is 46.9 Å². The second-order valence-corrected chi connectivity index (χ2v) is 12.0. The van der Waals surface area contributed by atoms with Gasteiger partial charge in [-0.15, -0.1) is 5.10 Å². The molecule has 0 aliphatic carbocycles. The molecule has 2 fully saturated rings. The molecule has 11 nitrogen and oxygen atoms in total. The van der Waals surface area contributed by atoms with Crippen molar-refractivity contribution in [3.05, 3.63) is 101 Å². The highest BCUT2D eigenvalue weighted by Crippen LogP contribution is 2.37. The smallest absolute Gasteiger partial charge is 0.453 e. The average molecular weight is 664 g/mol. The van der Waals surface area contributed by atoms with Crippen LogP contribution in [0.2, 0.25) is 0 Å². The zero-order valence-corrected chi connectivity index (χ0v) is 26.6. The van der Waals surface area contributed by atoms with Crippen LogP contribution in [0.3, 0.4) is 0 Å². The molecular formula is C34H36F3N7O4. The highest BCUT2D eigenvalue weighted by Gasteiger charge is 2.43. The van der Waals surface area contributed by atoms with Crippen LogP contribution in [-0.2, 0) is 27.0 Å². The maximum atomic E-state index is 13.7. The van der Waals surface area contributed by atoms with Crippen LogP contribution in [0.1, 0.15) is 34.9 Å². The normalized spacial score (nSPS) is 18.8. The number of carbonyl (C=O) groups excluding carboxylic acids is 2. The molecule has 0 radical (unpaired) electrons. The fraction of sp³-hybridized carbons (Fsp3) is 0.382. The minimum atomic E-state index is -4.74. The molecule has 1 aromatic heterocycles. The van der Waals surface area contributed by atoms with E-state index < -0.39 is 18.0 Å². The lowest BCUT2D eigenvalue weighted by molar-refractivity contribution is -0.149. The number of aromatic nitrogens is 4. The van der Waals surface area contributed by atoms with Gasteiger partial charge in [0.1, 0.15) is 12.2 Å². The largest absolute Gasteiger partial charge is 0.496 e. The third-order valence-electron chi connectivity index (χ3n) is 9.07. The van der Waals surface area contributed by atoms with Gasteiger partial charge in [0, 0.05) is 62.8 Å². The molecular weight excluding hydrogens is 627 g/mol. The van der Waals surface area contributed by atoms with Crippen LogP contribution in [0.25, 0.3) is 5.69 Å². The van der Waals surface area contributed by atoms with E-state index in [1.54, 1.807) is 17.0 Å². The minimum Gasteiger partial charge on any atom is -0.496 e. The Kier molecular flexibility index (Phi) is 9.73. The van der Waals surface area contributed by atoms with Gasteiger partial charge >= 0.3 is 12.1 Å². The summed E-state index contributed by atoms with van der Waals surface area (Å²) >= 11 is 0. The number of nitrogens with zero attached hydrogens (tertiary/aromatic N) is 7. The molecule has 0 spiro atoms. The molecule has 1 amide bonds. The number of benzene rings is 3. The van der Waals surface area contributed by atoms with E-state index in [4.69, 9.17) is 9.47 Å². The van der Waals surface area contributed by atoms with E-state index in [0.717, 1.165) is 11.1 Å². The molecule has 252 valence electrons. The number of methoxy groups -OCH3 is 2. The number of rotatable bonds is 9. The molecule has 14 heteroatoms. The molecule has 0 saturated carbocycles. The van der Waals surface area contributed by atoms with Crippen molar-refractivity contribution >= 4 is 11.9 Å². The van der Waals surface area contributed by atoms with Crippen molar-refractivity contribution < 1.29 is 32.2 Å². The number of halogens is 3. The summed E-state index contributed by atoms with van der Waals surface area (Å²) in [4.78, 5) is 31.5. The Morgan fingerprint density at radius 3 is 2.23 bits per heavy atom. The van der Waals surface area contributed by atoms with Crippen molar-refractivity contribution in [2.45, 2.75) is 37.1 Å². The molecule has 2 aliphatic heterocycles. The van der Waals surface area contributed by atoms with Crippen LogP contribution >= 0.6 is 0 Å². The first-order chi connectivity index (χ1) is 23.2. The highest BCUT2D eigenvalue weighted by molar-refractivity contribution is 5.94. The molecule has 0 N–H and O–H groups in total. The molecule has 0 unspecified atom stereocenters. The summed E-state index contributed by atoms with van der Waals surface area (Å²) in [5.74, 6) is -1.59. The van der Waals surface area contributed by atoms with Crippen molar-refractivity contribution in [1.82, 2.24) is 34.9 Å². The number of carbonyl (C=O) groups is 2. The first kappa shape index (κ1) is 33.1. The second kappa shape index (κ2) is 14.1. The number of alkyl halides is 3. The zero-order valence-electron chi connectivity index (χ0n) is 26.6. The van der Waals surface area contributed by atoms with E-state index in [1.807, 2.05) is 36.4 Å². The quantitative estimate of drug-likeness (QED) is 0.196. The topological polar surface area (TPSA) is 106 Å². The monoisotopic (exact) mass is 663 g/mol.